The number of hydrogen-bond acceptors (Lipinski definition) is 3. The Hall–Kier alpha value is -0.830. The zero-order valence-electron chi connectivity index (χ0n) is 14.3. The maximum Gasteiger partial charge on any atom is 0.191 e. The first kappa shape index (κ1) is 22.2. The van der Waals surface area contributed by atoms with Crippen LogP contribution in [0, 0.1) is 0 Å². The van der Waals surface area contributed by atoms with E-state index < -0.39 is 14.6 Å². The zero-order chi connectivity index (χ0) is 16.6. The van der Waals surface area contributed by atoms with E-state index in [-0.39, 0.29) is 29.7 Å². The van der Waals surface area contributed by atoms with Gasteiger partial charge in [-0.25, -0.2) is 8.42 Å². The fourth-order valence-corrected chi connectivity index (χ4v) is 2.78. The van der Waals surface area contributed by atoms with Crippen LogP contribution in [0.5, 0.6) is 0 Å². The van der Waals surface area contributed by atoms with E-state index in [1.807, 2.05) is 18.2 Å². The van der Waals surface area contributed by atoms with Gasteiger partial charge in [0.05, 0.1) is 10.5 Å². The standard InChI is InChI=1S/C16H27N3O2S.HI/c1-16(2,3)22(20,21)13-12-19-15(17-4)18-11-10-14-8-6-5-7-9-14;/h5-9H,10-13H2,1-4H3,(H2,17,18,19);1H. The molecule has 0 aromatic heterocycles. The maximum absolute atomic E-state index is 12.0. The Morgan fingerprint density at radius 2 is 1.65 bits per heavy atom. The second-order valence-electron chi connectivity index (χ2n) is 6.09. The quantitative estimate of drug-likeness (QED) is 0.394. The lowest BCUT2D eigenvalue weighted by molar-refractivity contribution is 0.559. The number of sulfone groups is 1. The first-order valence-corrected chi connectivity index (χ1v) is 9.12. The summed E-state index contributed by atoms with van der Waals surface area (Å²) >= 11 is 0. The van der Waals surface area contributed by atoms with E-state index >= 15 is 0 Å². The highest BCUT2D eigenvalue weighted by molar-refractivity contribution is 14.0. The second kappa shape index (κ2) is 10.1. The molecule has 0 aliphatic heterocycles. The molecule has 2 N–H and O–H groups in total. The number of rotatable bonds is 6. The summed E-state index contributed by atoms with van der Waals surface area (Å²) in [5.41, 5.74) is 1.25. The average molecular weight is 453 g/mol. The van der Waals surface area contributed by atoms with E-state index in [0.717, 1.165) is 13.0 Å². The van der Waals surface area contributed by atoms with Crippen LogP contribution in [-0.4, -0.2) is 45.0 Å². The van der Waals surface area contributed by atoms with E-state index in [2.05, 4.69) is 27.8 Å². The molecule has 23 heavy (non-hydrogen) atoms. The van der Waals surface area contributed by atoms with Crippen LogP contribution in [0.3, 0.4) is 0 Å². The number of hydrogen-bond donors (Lipinski definition) is 2. The van der Waals surface area contributed by atoms with Crippen molar-refractivity contribution in [1.29, 1.82) is 0 Å². The van der Waals surface area contributed by atoms with E-state index in [9.17, 15) is 8.42 Å². The Morgan fingerprint density at radius 1 is 1.09 bits per heavy atom. The second-order valence-corrected chi connectivity index (χ2v) is 8.96. The van der Waals surface area contributed by atoms with Crippen molar-refractivity contribution in [3.63, 3.8) is 0 Å². The molecule has 1 aromatic carbocycles. The molecule has 0 spiro atoms. The van der Waals surface area contributed by atoms with Crippen molar-refractivity contribution < 1.29 is 8.42 Å². The van der Waals surface area contributed by atoms with Crippen molar-refractivity contribution in [2.75, 3.05) is 25.9 Å². The average Bonchev–Trinajstić information content (AvgIpc) is 2.45. The Labute approximate surface area is 157 Å². The van der Waals surface area contributed by atoms with Crippen LogP contribution < -0.4 is 10.6 Å². The number of halogens is 1. The summed E-state index contributed by atoms with van der Waals surface area (Å²) in [6.07, 6.45) is 0.891. The third-order valence-electron chi connectivity index (χ3n) is 3.37. The van der Waals surface area contributed by atoms with Crippen LogP contribution in [0.1, 0.15) is 26.3 Å². The zero-order valence-corrected chi connectivity index (χ0v) is 17.4. The molecule has 0 aliphatic carbocycles. The molecule has 7 heteroatoms. The van der Waals surface area contributed by atoms with Crippen molar-refractivity contribution in [3.05, 3.63) is 35.9 Å². The highest BCUT2D eigenvalue weighted by Gasteiger charge is 2.28. The Bertz CT molecular complexity index is 581. The minimum absolute atomic E-state index is 0. The molecule has 132 valence electrons. The van der Waals surface area contributed by atoms with Gasteiger partial charge in [-0.2, -0.15) is 0 Å². The molecule has 0 saturated carbocycles. The first-order chi connectivity index (χ1) is 10.3. The summed E-state index contributed by atoms with van der Waals surface area (Å²) < 4.78 is 23.3. The van der Waals surface area contributed by atoms with Gasteiger partial charge in [-0.15, -0.1) is 24.0 Å². The third-order valence-corrected chi connectivity index (χ3v) is 5.98. The summed E-state index contributed by atoms with van der Waals surface area (Å²) in [7, 11) is -1.43. The predicted octanol–water partition coefficient (Wildman–Crippen LogP) is 2.23. The summed E-state index contributed by atoms with van der Waals surface area (Å²) in [4.78, 5) is 4.10. The smallest absolute Gasteiger partial charge is 0.191 e. The first-order valence-electron chi connectivity index (χ1n) is 7.47. The van der Waals surface area contributed by atoms with Gasteiger partial charge < -0.3 is 10.6 Å². The van der Waals surface area contributed by atoms with Crippen molar-refractivity contribution in [2.45, 2.75) is 31.9 Å². The van der Waals surface area contributed by atoms with Crippen molar-refractivity contribution in [2.24, 2.45) is 4.99 Å². The molecule has 0 saturated heterocycles. The largest absolute Gasteiger partial charge is 0.356 e. The van der Waals surface area contributed by atoms with Crippen LogP contribution in [0.2, 0.25) is 0 Å². The van der Waals surface area contributed by atoms with Crippen LogP contribution in [-0.2, 0) is 16.3 Å². The molecular formula is C16H28IN3O2S. The van der Waals surface area contributed by atoms with Crippen molar-refractivity contribution >= 4 is 39.8 Å². The lowest BCUT2D eigenvalue weighted by Gasteiger charge is -2.19. The lowest BCUT2D eigenvalue weighted by Crippen LogP contribution is -2.42. The van der Waals surface area contributed by atoms with Crippen LogP contribution in [0.4, 0.5) is 0 Å². The van der Waals surface area contributed by atoms with Gasteiger partial charge in [-0.1, -0.05) is 30.3 Å². The molecule has 5 nitrogen and oxygen atoms in total. The highest BCUT2D eigenvalue weighted by atomic mass is 127. The number of nitrogens with zero attached hydrogens (tertiary/aromatic N) is 1. The van der Waals surface area contributed by atoms with E-state index in [1.54, 1.807) is 27.8 Å². The summed E-state index contributed by atoms with van der Waals surface area (Å²) in [5, 5.41) is 6.23. The number of benzene rings is 1. The van der Waals surface area contributed by atoms with Crippen molar-refractivity contribution in [3.8, 4) is 0 Å². The molecule has 0 bridgehead atoms. The van der Waals surface area contributed by atoms with Gasteiger partial charge in [0, 0.05) is 20.1 Å². The summed E-state index contributed by atoms with van der Waals surface area (Å²) in [6, 6.07) is 10.2. The number of nitrogens with one attached hydrogen (secondary N) is 2. The lowest BCUT2D eigenvalue weighted by atomic mass is 10.1. The van der Waals surface area contributed by atoms with Crippen LogP contribution >= 0.6 is 24.0 Å². The molecule has 0 atom stereocenters. The Balaban J connectivity index is 0.00000484. The number of guanidine groups is 1. The Kier molecular flexibility index (Phi) is 9.76. The SMILES string of the molecule is CN=C(NCCc1ccccc1)NCCS(=O)(=O)C(C)(C)C.I. The topological polar surface area (TPSA) is 70.6 Å². The van der Waals surface area contributed by atoms with Gasteiger partial charge in [0.15, 0.2) is 15.8 Å². The minimum Gasteiger partial charge on any atom is -0.356 e. The van der Waals surface area contributed by atoms with E-state index in [1.165, 1.54) is 5.56 Å². The van der Waals surface area contributed by atoms with Gasteiger partial charge in [0.1, 0.15) is 0 Å². The van der Waals surface area contributed by atoms with Gasteiger partial charge >= 0.3 is 0 Å². The minimum atomic E-state index is -3.11. The van der Waals surface area contributed by atoms with E-state index in [0.29, 0.717) is 12.5 Å². The fourth-order valence-electron chi connectivity index (χ4n) is 1.80. The molecule has 0 radical (unpaired) electrons. The predicted molar refractivity (Wildman–Crippen MR) is 108 cm³/mol. The van der Waals surface area contributed by atoms with E-state index in [4.69, 9.17) is 0 Å². The molecule has 0 fully saturated rings. The van der Waals surface area contributed by atoms with Crippen LogP contribution in [0.25, 0.3) is 0 Å². The Morgan fingerprint density at radius 3 is 2.17 bits per heavy atom. The maximum atomic E-state index is 12.0. The third kappa shape index (κ3) is 8.01. The fraction of sp³-hybridized carbons (Fsp3) is 0.562. The molecule has 1 aromatic rings. The van der Waals surface area contributed by atoms with Crippen LogP contribution in [0.15, 0.2) is 35.3 Å². The summed E-state index contributed by atoms with van der Waals surface area (Å²) in [5.74, 6) is 0.718. The van der Waals surface area contributed by atoms with Gasteiger partial charge in [0.2, 0.25) is 0 Å². The van der Waals surface area contributed by atoms with Gasteiger partial charge in [-0.3, -0.25) is 4.99 Å². The monoisotopic (exact) mass is 453 g/mol. The molecule has 0 aliphatic rings. The van der Waals surface area contributed by atoms with Gasteiger partial charge in [0.25, 0.3) is 0 Å². The molecular weight excluding hydrogens is 425 g/mol. The van der Waals surface area contributed by atoms with Crippen molar-refractivity contribution in [1.82, 2.24) is 10.6 Å². The highest BCUT2D eigenvalue weighted by Crippen LogP contribution is 2.15. The normalized spacial score (nSPS) is 12.4. The summed E-state index contributed by atoms with van der Waals surface area (Å²) in [6.45, 7) is 6.25. The number of aliphatic imine (C=N–C) groups is 1. The molecule has 1 rings (SSSR count). The molecule has 0 amide bonds. The molecule has 0 heterocycles. The molecule has 0 unspecified atom stereocenters. The van der Waals surface area contributed by atoms with Gasteiger partial charge in [-0.05, 0) is 32.8 Å².